The van der Waals surface area contributed by atoms with Crippen molar-refractivity contribution in [2.24, 2.45) is 0 Å². The van der Waals surface area contributed by atoms with Gasteiger partial charge in [0, 0.05) is 30.5 Å². The first-order valence-corrected chi connectivity index (χ1v) is 8.21. The molecule has 1 unspecified atom stereocenters. The van der Waals surface area contributed by atoms with Crippen molar-refractivity contribution in [1.82, 2.24) is 9.97 Å². The maximum Gasteiger partial charge on any atom is 0.228 e. The lowest BCUT2D eigenvalue weighted by Crippen LogP contribution is -2.47. The second-order valence-electron chi connectivity index (χ2n) is 3.83. The molecular formula is C9H14N4O2S2. The van der Waals surface area contributed by atoms with Crippen LogP contribution in [0.25, 0.3) is 0 Å². The SMILES string of the molecule is CS(=O)(=O)C1CSCCN1c1nccc(N)n1. The van der Waals surface area contributed by atoms with Crippen LogP contribution in [0, 0.1) is 0 Å². The van der Waals surface area contributed by atoms with Crippen LogP contribution in [0.2, 0.25) is 0 Å². The molecule has 2 rings (SSSR count). The maximum atomic E-state index is 11.7. The summed E-state index contributed by atoms with van der Waals surface area (Å²) in [4.78, 5) is 9.88. The lowest BCUT2D eigenvalue weighted by atomic mass is 10.5. The van der Waals surface area contributed by atoms with E-state index in [0.717, 1.165) is 5.75 Å². The minimum Gasteiger partial charge on any atom is -0.384 e. The maximum absolute atomic E-state index is 11.7. The third kappa shape index (κ3) is 2.81. The van der Waals surface area contributed by atoms with Crippen molar-refractivity contribution in [2.75, 3.05) is 34.9 Å². The molecule has 0 bridgehead atoms. The van der Waals surface area contributed by atoms with Crippen molar-refractivity contribution in [3.05, 3.63) is 12.3 Å². The van der Waals surface area contributed by atoms with Gasteiger partial charge in [-0.15, -0.1) is 0 Å². The van der Waals surface area contributed by atoms with Crippen LogP contribution >= 0.6 is 11.8 Å². The van der Waals surface area contributed by atoms with Gasteiger partial charge < -0.3 is 10.6 Å². The topological polar surface area (TPSA) is 89.2 Å². The Kier molecular flexibility index (Phi) is 3.43. The van der Waals surface area contributed by atoms with E-state index in [-0.39, 0.29) is 0 Å². The summed E-state index contributed by atoms with van der Waals surface area (Å²) >= 11 is 1.62. The number of anilines is 2. The lowest BCUT2D eigenvalue weighted by Gasteiger charge is -2.33. The number of thioether (sulfide) groups is 1. The van der Waals surface area contributed by atoms with E-state index in [9.17, 15) is 8.42 Å². The second kappa shape index (κ2) is 4.69. The standard InChI is InChI=1S/C9H14N4O2S2/c1-17(14,15)8-6-16-5-4-13(8)9-11-3-2-7(10)12-9/h2-3,8H,4-6H2,1H3,(H2,10,11,12). The molecule has 1 aliphatic heterocycles. The van der Waals surface area contributed by atoms with Crippen LogP contribution in [-0.4, -0.2) is 48.1 Å². The van der Waals surface area contributed by atoms with Crippen LogP contribution in [0.15, 0.2) is 12.3 Å². The fraction of sp³-hybridized carbons (Fsp3) is 0.556. The summed E-state index contributed by atoms with van der Waals surface area (Å²) in [7, 11) is -3.15. The number of hydrogen-bond acceptors (Lipinski definition) is 7. The first kappa shape index (κ1) is 12.4. The van der Waals surface area contributed by atoms with Gasteiger partial charge in [0.1, 0.15) is 11.2 Å². The summed E-state index contributed by atoms with van der Waals surface area (Å²) < 4.78 is 23.4. The van der Waals surface area contributed by atoms with Gasteiger partial charge in [-0.05, 0) is 6.07 Å². The van der Waals surface area contributed by atoms with Gasteiger partial charge in [-0.3, -0.25) is 0 Å². The number of hydrogen-bond donors (Lipinski definition) is 1. The van der Waals surface area contributed by atoms with Gasteiger partial charge in [0.2, 0.25) is 5.95 Å². The van der Waals surface area contributed by atoms with E-state index in [2.05, 4.69) is 9.97 Å². The highest BCUT2D eigenvalue weighted by molar-refractivity contribution is 8.01. The number of sulfone groups is 1. The summed E-state index contributed by atoms with van der Waals surface area (Å²) in [5.74, 6) is 2.14. The zero-order valence-electron chi connectivity index (χ0n) is 9.41. The Bertz CT molecular complexity index is 505. The van der Waals surface area contributed by atoms with Crippen LogP contribution in [0.1, 0.15) is 0 Å². The summed E-state index contributed by atoms with van der Waals surface area (Å²) in [6, 6.07) is 1.58. The molecule has 0 saturated carbocycles. The van der Waals surface area contributed by atoms with E-state index in [0.29, 0.717) is 24.1 Å². The Hall–Kier alpha value is -1.02. The summed E-state index contributed by atoms with van der Waals surface area (Å²) in [5.41, 5.74) is 5.59. The molecule has 0 amide bonds. The van der Waals surface area contributed by atoms with Crippen LogP contribution in [0.4, 0.5) is 11.8 Å². The third-order valence-corrected chi connectivity index (χ3v) is 5.14. The predicted molar refractivity (Wildman–Crippen MR) is 69.7 cm³/mol. The lowest BCUT2D eigenvalue weighted by molar-refractivity contribution is 0.582. The fourth-order valence-corrected chi connectivity index (χ4v) is 4.48. The van der Waals surface area contributed by atoms with Crippen molar-refractivity contribution in [1.29, 1.82) is 0 Å². The molecule has 94 valence electrons. The van der Waals surface area contributed by atoms with Crippen molar-refractivity contribution >= 4 is 33.4 Å². The first-order chi connectivity index (χ1) is 7.98. The minimum atomic E-state index is -3.15. The highest BCUT2D eigenvalue weighted by Crippen LogP contribution is 2.24. The number of nitrogens with zero attached hydrogens (tertiary/aromatic N) is 3. The van der Waals surface area contributed by atoms with Crippen LogP contribution in [0.3, 0.4) is 0 Å². The highest BCUT2D eigenvalue weighted by Gasteiger charge is 2.32. The van der Waals surface area contributed by atoms with Gasteiger partial charge in [0.05, 0.1) is 0 Å². The number of rotatable bonds is 2. The van der Waals surface area contributed by atoms with Gasteiger partial charge in [-0.2, -0.15) is 16.7 Å². The van der Waals surface area contributed by atoms with Gasteiger partial charge in [-0.25, -0.2) is 13.4 Å². The predicted octanol–water partition coefficient (Wildman–Crippen LogP) is -0.0173. The molecule has 0 aliphatic carbocycles. The quantitative estimate of drug-likeness (QED) is 0.810. The molecule has 6 nitrogen and oxygen atoms in total. The van der Waals surface area contributed by atoms with Crippen molar-refractivity contribution in [3.63, 3.8) is 0 Å². The zero-order chi connectivity index (χ0) is 12.5. The van der Waals surface area contributed by atoms with Gasteiger partial charge in [0.25, 0.3) is 0 Å². The minimum absolute atomic E-state index is 0.348. The van der Waals surface area contributed by atoms with Crippen LogP contribution < -0.4 is 10.6 Å². The zero-order valence-corrected chi connectivity index (χ0v) is 11.0. The third-order valence-electron chi connectivity index (χ3n) is 2.50. The van der Waals surface area contributed by atoms with Gasteiger partial charge in [0.15, 0.2) is 9.84 Å². The van der Waals surface area contributed by atoms with Crippen molar-refractivity contribution in [3.8, 4) is 0 Å². The van der Waals surface area contributed by atoms with E-state index in [1.54, 1.807) is 28.9 Å². The Balaban J connectivity index is 2.34. The Morgan fingerprint density at radius 1 is 1.59 bits per heavy atom. The number of aromatic nitrogens is 2. The molecule has 1 atom stereocenters. The summed E-state index contributed by atoms with van der Waals surface area (Å²) in [5, 5.41) is -0.567. The number of nitrogens with two attached hydrogens (primary N) is 1. The van der Waals surface area contributed by atoms with Gasteiger partial charge in [-0.1, -0.05) is 0 Å². The fourth-order valence-electron chi connectivity index (χ4n) is 1.66. The van der Waals surface area contributed by atoms with Gasteiger partial charge >= 0.3 is 0 Å². The molecule has 1 aromatic heterocycles. The Morgan fingerprint density at radius 3 is 3.00 bits per heavy atom. The molecule has 2 heterocycles. The summed E-state index contributed by atoms with van der Waals surface area (Å²) in [6.07, 6.45) is 2.78. The average Bonchev–Trinajstić information content (AvgIpc) is 2.28. The molecule has 2 N–H and O–H groups in total. The molecule has 0 spiro atoms. The van der Waals surface area contributed by atoms with Crippen molar-refractivity contribution < 1.29 is 8.42 Å². The van der Waals surface area contributed by atoms with E-state index in [1.165, 1.54) is 6.26 Å². The second-order valence-corrected chi connectivity index (χ2v) is 7.19. The highest BCUT2D eigenvalue weighted by atomic mass is 32.2. The molecule has 1 aliphatic rings. The number of nitrogen functional groups attached to an aromatic ring is 1. The van der Waals surface area contributed by atoms with E-state index >= 15 is 0 Å². The van der Waals surface area contributed by atoms with E-state index < -0.39 is 15.2 Å². The van der Waals surface area contributed by atoms with Crippen LogP contribution in [0.5, 0.6) is 0 Å². The molecule has 8 heteroatoms. The molecule has 17 heavy (non-hydrogen) atoms. The van der Waals surface area contributed by atoms with E-state index in [4.69, 9.17) is 5.73 Å². The smallest absolute Gasteiger partial charge is 0.228 e. The molecule has 1 fully saturated rings. The average molecular weight is 274 g/mol. The normalized spacial score (nSPS) is 21.5. The Labute approximate surface area is 105 Å². The largest absolute Gasteiger partial charge is 0.384 e. The molecule has 1 saturated heterocycles. The van der Waals surface area contributed by atoms with Crippen LogP contribution in [-0.2, 0) is 9.84 Å². The monoisotopic (exact) mass is 274 g/mol. The Morgan fingerprint density at radius 2 is 2.35 bits per heavy atom. The van der Waals surface area contributed by atoms with Crippen molar-refractivity contribution in [2.45, 2.75) is 5.37 Å². The first-order valence-electron chi connectivity index (χ1n) is 5.10. The summed E-state index contributed by atoms with van der Waals surface area (Å²) in [6.45, 7) is 0.617. The molecule has 0 aromatic carbocycles. The molecule has 1 aromatic rings. The van der Waals surface area contributed by atoms with E-state index in [1.807, 2.05) is 0 Å². The molecular weight excluding hydrogens is 260 g/mol. The molecule has 0 radical (unpaired) electrons.